The third-order valence-corrected chi connectivity index (χ3v) is 6.60. The second-order valence-electron chi connectivity index (χ2n) is 8.91. The van der Waals surface area contributed by atoms with E-state index in [9.17, 15) is 14.9 Å². The zero-order valence-electron chi connectivity index (χ0n) is 19.3. The van der Waals surface area contributed by atoms with Crippen LogP contribution in [0.25, 0.3) is 11.0 Å². The van der Waals surface area contributed by atoms with Crippen LogP contribution < -0.4 is 10.6 Å². The zero-order chi connectivity index (χ0) is 24.1. The largest absolute Gasteiger partial charge is 0.481 e. The molecule has 1 aliphatic carbocycles. The van der Waals surface area contributed by atoms with Crippen molar-refractivity contribution in [1.82, 2.24) is 5.32 Å². The number of nitrogens with zero attached hydrogens (tertiary/aromatic N) is 1. The number of aliphatic carboxylic acids is 1. The molecule has 1 fully saturated rings. The van der Waals surface area contributed by atoms with Gasteiger partial charge >= 0.3 is 5.97 Å². The van der Waals surface area contributed by atoms with Crippen LogP contribution in [-0.4, -0.2) is 23.5 Å². The van der Waals surface area contributed by atoms with Crippen LogP contribution in [0.5, 0.6) is 0 Å². The fourth-order valence-corrected chi connectivity index (χ4v) is 4.75. The molecule has 0 aliphatic heterocycles. The molecule has 1 aliphatic rings. The Balaban J connectivity index is 1.57. The Hall–Kier alpha value is -3.79. The number of nitriles is 1. The van der Waals surface area contributed by atoms with Crippen LogP contribution in [0.4, 0.5) is 5.69 Å². The molecule has 1 atom stereocenters. The summed E-state index contributed by atoms with van der Waals surface area (Å²) in [5.74, 6) is 0.0753. The van der Waals surface area contributed by atoms with E-state index >= 15 is 0 Å². The molecular formula is C27H29N3O4. The predicted molar refractivity (Wildman–Crippen MR) is 130 cm³/mol. The van der Waals surface area contributed by atoms with Crippen LogP contribution in [0.3, 0.4) is 0 Å². The van der Waals surface area contributed by atoms with Gasteiger partial charge in [0, 0.05) is 28.7 Å². The summed E-state index contributed by atoms with van der Waals surface area (Å²) in [5.41, 5.74) is 3.80. The monoisotopic (exact) mass is 459 g/mol. The number of furan rings is 1. The minimum Gasteiger partial charge on any atom is -0.481 e. The maximum Gasteiger partial charge on any atom is 0.305 e. The lowest BCUT2D eigenvalue weighted by molar-refractivity contribution is -0.136. The molecule has 2 aromatic carbocycles. The van der Waals surface area contributed by atoms with Gasteiger partial charge in [0.2, 0.25) is 0 Å². The van der Waals surface area contributed by atoms with E-state index in [1.807, 2.05) is 31.2 Å². The predicted octanol–water partition coefficient (Wildman–Crippen LogP) is 5.55. The van der Waals surface area contributed by atoms with Gasteiger partial charge in [-0.2, -0.15) is 5.26 Å². The quantitative estimate of drug-likeness (QED) is 0.407. The molecule has 0 radical (unpaired) electrons. The highest BCUT2D eigenvalue weighted by Crippen LogP contribution is 2.41. The van der Waals surface area contributed by atoms with Gasteiger partial charge in [-0.05, 0) is 68.1 Å². The third kappa shape index (κ3) is 5.23. The molecular weight excluding hydrogens is 430 g/mol. The minimum absolute atomic E-state index is 0.0199. The Morgan fingerprint density at radius 2 is 1.88 bits per heavy atom. The first-order valence-electron chi connectivity index (χ1n) is 11.8. The second kappa shape index (κ2) is 10.4. The maximum absolute atomic E-state index is 12.3. The number of carbonyl (C=O) groups is 2. The third-order valence-electron chi connectivity index (χ3n) is 6.60. The molecule has 7 nitrogen and oxygen atoms in total. The van der Waals surface area contributed by atoms with E-state index in [0.717, 1.165) is 40.8 Å². The summed E-state index contributed by atoms with van der Waals surface area (Å²) in [4.78, 5) is 22.9. The van der Waals surface area contributed by atoms with Crippen LogP contribution in [0, 0.1) is 24.2 Å². The van der Waals surface area contributed by atoms with Crippen molar-refractivity contribution < 1.29 is 19.1 Å². The number of carbonyl (C=O) groups excluding carboxylic acids is 1. The van der Waals surface area contributed by atoms with Crippen molar-refractivity contribution >= 4 is 28.5 Å². The van der Waals surface area contributed by atoms with Crippen molar-refractivity contribution in [2.75, 3.05) is 11.9 Å². The van der Waals surface area contributed by atoms with Crippen molar-refractivity contribution in [3.05, 3.63) is 64.9 Å². The first kappa shape index (κ1) is 23.4. The van der Waals surface area contributed by atoms with E-state index in [-0.39, 0.29) is 24.9 Å². The number of hydrogen-bond acceptors (Lipinski definition) is 5. The molecule has 1 aromatic heterocycles. The van der Waals surface area contributed by atoms with E-state index in [2.05, 4.69) is 16.7 Å². The van der Waals surface area contributed by atoms with E-state index in [4.69, 9.17) is 9.52 Å². The van der Waals surface area contributed by atoms with Crippen molar-refractivity contribution in [3.63, 3.8) is 0 Å². The first-order chi connectivity index (χ1) is 16.5. The van der Waals surface area contributed by atoms with Gasteiger partial charge in [0.15, 0.2) is 0 Å². The van der Waals surface area contributed by atoms with E-state index in [1.54, 1.807) is 18.2 Å². The average Bonchev–Trinajstić information content (AvgIpc) is 3.18. The number of fused-ring (bicyclic) bond motifs is 1. The van der Waals surface area contributed by atoms with Crippen LogP contribution in [0.15, 0.2) is 46.9 Å². The number of carboxylic acid groups (broad SMARTS) is 1. The summed E-state index contributed by atoms with van der Waals surface area (Å²) in [6, 6.07) is 14.9. The number of anilines is 1. The smallest absolute Gasteiger partial charge is 0.305 e. The number of aryl methyl sites for hydroxylation is 1. The molecule has 176 valence electrons. The Kier molecular flexibility index (Phi) is 7.17. The Labute approximate surface area is 198 Å². The lowest BCUT2D eigenvalue weighted by Gasteiger charge is -2.31. The van der Waals surface area contributed by atoms with Gasteiger partial charge in [-0.15, -0.1) is 0 Å². The SMILES string of the molecule is Cc1c(C(Nc2ccc(C(=O)NCCC(=O)O)cc2)C2CCCCC2)oc2ccc(C#N)cc12. The van der Waals surface area contributed by atoms with Gasteiger partial charge in [-0.25, -0.2) is 0 Å². The van der Waals surface area contributed by atoms with Crippen molar-refractivity contribution in [1.29, 1.82) is 5.26 Å². The van der Waals surface area contributed by atoms with Gasteiger partial charge in [0.25, 0.3) is 5.91 Å². The van der Waals surface area contributed by atoms with Gasteiger partial charge in [-0.3, -0.25) is 9.59 Å². The topological polar surface area (TPSA) is 115 Å². The molecule has 1 unspecified atom stereocenters. The van der Waals surface area contributed by atoms with Crippen molar-refractivity contribution in [2.24, 2.45) is 5.92 Å². The number of carboxylic acids is 1. The molecule has 0 spiro atoms. The summed E-state index contributed by atoms with van der Waals surface area (Å²) in [5, 5.41) is 25.3. The highest BCUT2D eigenvalue weighted by molar-refractivity contribution is 5.94. The normalized spacial score (nSPS) is 14.9. The van der Waals surface area contributed by atoms with Crippen molar-refractivity contribution in [2.45, 2.75) is 51.5 Å². The first-order valence-corrected chi connectivity index (χ1v) is 11.8. The summed E-state index contributed by atoms with van der Waals surface area (Å²) in [6.07, 6.45) is 5.75. The fourth-order valence-electron chi connectivity index (χ4n) is 4.75. The molecule has 3 N–H and O–H groups in total. The number of benzene rings is 2. The molecule has 7 heteroatoms. The standard InChI is InChI=1S/C27H29N3O4/c1-17-22-15-18(16-28)7-12-23(22)34-26(17)25(19-5-3-2-4-6-19)30-21-10-8-20(9-11-21)27(33)29-14-13-24(31)32/h7-12,15,19,25,30H,2-6,13-14H2,1H3,(H,29,33)(H,31,32). The minimum atomic E-state index is -0.946. The second-order valence-corrected chi connectivity index (χ2v) is 8.91. The van der Waals surface area contributed by atoms with Crippen molar-refractivity contribution in [3.8, 4) is 6.07 Å². The van der Waals surface area contributed by atoms with Gasteiger partial charge in [-0.1, -0.05) is 19.3 Å². The van der Waals surface area contributed by atoms with Crippen LogP contribution in [0.1, 0.15) is 71.8 Å². The average molecular weight is 460 g/mol. The van der Waals surface area contributed by atoms with E-state index in [1.165, 1.54) is 19.3 Å². The summed E-state index contributed by atoms with van der Waals surface area (Å²) >= 11 is 0. The molecule has 1 heterocycles. The van der Waals surface area contributed by atoms with Crippen LogP contribution in [0.2, 0.25) is 0 Å². The molecule has 4 rings (SSSR count). The van der Waals surface area contributed by atoms with E-state index in [0.29, 0.717) is 17.0 Å². The molecule has 34 heavy (non-hydrogen) atoms. The maximum atomic E-state index is 12.3. The summed E-state index contributed by atoms with van der Waals surface area (Å²) in [6.45, 7) is 2.14. The number of nitrogens with one attached hydrogen (secondary N) is 2. The number of amides is 1. The molecule has 1 saturated carbocycles. The summed E-state index contributed by atoms with van der Waals surface area (Å²) < 4.78 is 6.33. The number of hydrogen-bond donors (Lipinski definition) is 3. The number of rotatable bonds is 8. The Morgan fingerprint density at radius 1 is 1.15 bits per heavy atom. The lowest BCUT2D eigenvalue weighted by Crippen LogP contribution is -2.26. The fraction of sp³-hybridized carbons (Fsp3) is 0.370. The van der Waals surface area contributed by atoms with Gasteiger partial charge < -0.3 is 20.2 Å². The summed E-state index contributed by atoms with van der Waals surface area (Å²) in [7, 11) is 0. The Bertz CT molecular complexity index is 1220. The van der Waals surface area contributed by atoms with E-state index < -0.39 is 5.97 Å². The Morgan fingerprint density at radius 3 is 2.56 bits per heavy atom. The highest BCUT2D eigenvalue weighted by atomic mass is 16.4. The molecule has 0 bridgehead atoms. The lowest BCUT2D eigenvalue weighted by atomic mass is 9.82. The van der Waals surface area contributed by atoms with Gasteiger partial charge in [0.05, 0.1) is 24.1 Å². The van der Waals surface area contributed by atoms with Gasteiger partial charge in [0.1, 0.15) is 11.3 Å². The zero-order valence-corrected chi connectivity index (χ0v) is 19.3. The molecule has 0 saturated heterocycles. The van der Waals surface area contributed by atoms with Crippen LogP contribution in [-0.2, 0) is 4.79 Å². The highest BCUT2D eigenvalue weighted by Gasteiger charge is 2.30. The van der Waals surface area contributed by atoms with Crippen LogP contribution >= 0.6 is 0 Å². The molecule has 3 aromatic rings. The molecule has 1 amide bonds.